The van der Waals surface area contributed by atoms with Gasteiger partial charge in [0, 0.05) is 29.6 Å². The lowest BCUT2D eigenvalue weighted by molar-refractivity contribution is -0.119. The molecule has 1 aromatic heterocycles. The Morgan fingerprint density at radius 3 is 2.31 bits per heavy atom. The van der Waals surface area contributed by atoms with Crippen molar-refractivity contribution in [1.82, 2.24) is 9.99 Å². The third-order valence-corrected chi connectivity index (χ3v) is 8.47. The lowest BCUT2D eigenvalue weighted by Gasteiger charge is -2.24. The number of halogens is 1. The molecular weight excluding hydrogens is 578 g/mol. The molecule has 0 radical (unpaired) electrons. The predicted molar refractivity (Wildman–Crippen MR) is 164 cm³/mol. The minimum absolute atomic E-state index is 0.0595. The van der Waals surface area contributed by atoms with E-state index < -0.39 is 22.5 Å². The Morgan fingerprint density at radius 2 is 1.69 bits per heavy atom. The van der Waals surface area contributed by atoms with Crippen molar-refractivity contribution in [3.05, 3.63) is 101 Å². The van der Waals surface area contributed by atoms with E-state index in [4.69, 9.17) is 16.3 Å². The van der Waals surface area contributed by atoms with Crippen molar-refractivity contribution in [3.8, 4) is 11.4 Å². The fraction of sp³-hybridized carbons (Fsp3) is 0.167. The molecule has 0 saturated carbocycles. The Morgan fingerprint density at radius 1 is 1.02 bits per heavy atom. The summed E-state index contributed by atoms with van der Waals surface area (Å²) in [7, 11) is -2.69. The fourth-order valence-electron chi connectivity index (χ4n) is 4.37. The van der Waals surface area contributed by atoms with Crippen molar-refractivity contribution < 1.29 is 22.7 Å². The van der Waals surface area contributed by atoms with Crippen molar-refractivity contribution in [2.75, 3.05) is 23.3 Å². The van der Waals surface area contributed by atoms with Gasteiger partial charge in [-0.25, -0.2) is 13.8 Å². The molecule has 10 nitrogen and oxygen atoms in total. The highest BCUT2D eigenvalue weighted by atomic mass is 35.5. The molecule has 0 saturated heterocycles. The van der Waals surface area contributed by atoms with E-state index in [1.54, 1.807) is 24.3 Å². The minimum Gasteiger partial charge on any atom is -0.497 e. The van der Waals surface area contributed by atoms with Crippen molar-refractivity contribution in [3.63, 3.8) is 0 Å². The quantitative estimate of drug-likeness (QED) is 0.193. The average Bonchev–Trinajstić information content (AvgIpc) is 3.24. The lowest BCUT2D eigenvalue weighted by Crippen LogP contribution is -2.39. The third-order valence-electron chi connectivity index (χ3n) is 6.37. The van der Waals surface area contributed by atoms with Gasteiger partial charge in [0.05, 0.1) is 34.6 Å². The van der Waals surface area contributed by atoms with Gasteiger partial charge >= 0.3 is 0 Å². The number of anilines is 2. The predicted octanol–water partition coefficient (Wildman–Crippen LogP) is 5.06. The van der Waals surface area contributed by atoms with Crippen LogP contribution in [0.15, 0.2) is 88.9 Å². The van der Waals surface area contributed by atoms with E-state index in [0.29, 0.717) is 16.5 Å². The number of amides is 2. The molecule has 0 fully saturated rings. The number of carbonyl (C=O) groups excluding carboxylic acids is 2. The fourth-order valence-corrected chi connectivity index (χ4v) is 6.01. The molecule has 0 spiro atoms. The van der Waals surface area contributed by atoms with Crippen LogP contribution in [0.3, 0.4) is 0 Å². The number of ether oxygens (including phenoxy) is 1. The number of rotatable bonds is 10. The summed E-state index contributed by atoms with van der Waals surface area (Å²) in [6, 6.07) is 21.3. The Balaban J connectivity index is 1.56. The summed E-state index contributed by atoms with van der Waals surface area (Å²) in [6.07, 6.45) is 1.50. The van der Waals surface area contributed by atoms with E-state index in [-0.39, 0.29) is 16.5 Å². The molecule has 1 heterocycles. The van der Waals surface area contributed by atoms with Crippen LogP contribution < -0.4 is 19.8 Å². The molecule has 42 heavy (non-hydrogen) atoms. The molecular formula is C30H30ClN5O5S. The standard InChI is InChI=1S/C30H30ClN5O5S/c1-20-17-23(21(2)36(20)29-8-6-5-7-28(29)31)18-32-34-30(38)19-35(25-11-13-26(41-4)14-12-25)42(39,40)27-15-9-24(10-16-27)33-22(3)37/h5-18H,19H2,1-4H3,(H,33,37)(H,34,38)/b32-18+. The molecule has 2 N–H and O–H groups in total. The van der Waals surface area contributed by atoms with Crippen LogP contribution in [0, 0.1) is 13.8 Å². The summed E-state index contributed by atoms with van der Waals surface area (Å²) in [5.41, 5.74) is 6.50. The van der Waals surface area contributed by atoms with E-state index in [1.165, 1.54) is 44.5 Å². The summed E-state index contributed by atoms with van der Waals surface area (Å²) in [6.45, 7) is 4.66. The largest absolute Gasteiger partial charge is 0.497 e. The molecule has 0 unspecified atom stereocenters. The molecule has 2 amide bonds. The highest BCUT2D eigenvalue weighted by Crippen LogP contribution is 2.27. The van der Waals surface area contributed by atoms with E-state index in [0.717, 1.165) is 26.9 Å². The zero-order valence-electron chi connectivity index (χ0n) is 23.5. The molecule has 0 aliphatic heterocycles. The number of para-hydroxylation sites is 1. The normalized spacial score (nSPS) is 11.4. The summed E-state index contributed by atoms with van der Waals surface area (Å²) in [5.74, 6) is -0.409. The molecule has 218 valence electrons. The van der Waals surface area contributed by atoms with Crippen molar-refractivity contribution in [2.45, 2.75) is 25.7 Å². The van der Waals surface area contributed by atoms with Crippen LogP contribution in [0.5, 0.6) is 5.75 Å². The van der Waals surface area contributed by atoms with Gasteiger partial charge in [-0.1, -0.05) is 23.7 Å². The van der Waals surface area contributed by atoms with E-state index >= 15 is 0 Å². The molecule has 0 aliphatic rings. The van der Waals surface area contributed by atoms with E-state index in [1.807, 2.05) is 48.7 Å². The third kappa shape index (κ3) is 6.81. The van der Waals surface area contributed by atoms with Crippen LogP contribution in [0.25, 0.3) is 5.69 Å². The van der Waals surface area contributed by atoms with Gasteiger partial charge in [-0.3, -0.25) is 13.9 Å². The number of nitrogens with zero attached hydrogens (tertiary/aromatic N) is 3. The van der Waals surface area contributed by atoms with Crippen LogP contribution in [0.2, 0.25) is 5.02 Å². The number of aryl methyl sites for hydroxylation is 1. The monoisotopic (exact) mass is 607 g/mol. The first-order valence-electron chi connectivity index (χ1n) is 12.8. The van der Waals surface area contributed by atoms with Gasteiger partial charge in [0.25, 0.3) is 15.9 Å². The molecule has 3 aromatic carbocycles. The van der Waals surface area contributed by atoms with Gasteiger partial charge in [0.2, 0.25) is 5.91 Å². The Kier molecular flexibility index (Phi) is 9.34. The molecule has 4 aromatic rings. The maximum Gasteiger partial charge on any atom is 0.264 e. The smallest absolute Gasteiger partial charge is 0.264 e. The van der Waals surface area contributed by atoms with E-state index in [9.17, 15) is 18.0 Å². The van der Waals surface area contributed by atoms with Gasteiger partial charge < -0.3 is 14.6 Å². The maximum absolute atomic E-state index is 13.7. The first kappa shape index (κ1) is 30.4. The van der Waals surface area contributed by atoms with Crippen LogP contribution in [0.1, 0.15) is 23.9 Å². The average molecular weight is 608 g/mol. The second-order valence-electron chi connectivity index (χ2n) is 9.32. The number of sulfonamides is 1. The van der Waals surface area contributed by atoms with Crippen molar-refractivity contribution >= 4 is 51.0 Å². The Labute approximate surface area is 249 Å². The first-order valence-corrected chi connectivity index (χ1v) is 14.6. The van der Waals surface area contributed by atoms with Gasteiger partial charge in [0.15, 0.2) is 0 Å². The number of aromatic nitrogens is 1. The van der Waals surface area contributed by atoms with Gasteiger partial charge in [-0.05, 0) is 80.6 Å². The summed E-state index contributed by atoms with van der Waals surface area (Å²) in [5, 5.41) is 7.28. The highest BCUT2D eigenvalue weighted by Gasteiger charge is 2.27. The summed E-state index contributed by atoms with van der Waals surface area (Å²) in [4.78, 5) is 24.3. The first-order chi connectivity index (χ1) is 20.0. The maximum atomic E-state index is 13.7. The van der Waals surface area contributed by atoms with Crippen LogP contribution in [-0.4, -0.2) is 44.7 Å². The van der Waals surface area contributed by atoms with Crippen LogP contribution >= 0.6 is 11.6 Å². The number of benzene rings is 3. The Hall–Kier alpha value is -4.61. The number of hydrogen-bond acceptors (Lipinski definition) is 6. The zero-order chi connectivity index (χ0) is 30.4. The number of nitrogens with one attached hydrogen (secondary N) is 2. The van der Waals surface area contributed by atoms with Gasteiger partial charge in [-0.2, -0.15) is 5.10 Å². The van der Waals surface area contributed by atoms with Gasteiger partial charge in [0.1, 0.15) is 12.3 Å². The van der Waals surface area contributed by atoms with Crippen molar-refractivity contribution in [1.29, 1.82) is 0 Å². The minimum atomic E-state index is -4.18. The van der Waals surface area contributed by atoms with Crippen LogP contribution in [0.4, 0.5) is 11.4 Å². The highest BCUT2D eigenvalue weighted by molar-refractivity contribution is 7.92. The second-order valence-corrected chi connectivity index (χ2v) is 11.6. The number of methoxy groups -OCH3 is 1. The van der Waals surface area contributed by atoms with Crippen molar-refractivity contribution in [2.24, 2.45) is 5.10 Å². The summed E-state index contributed by atoms with van der Waals surface area (Å²) < 4.78 is 35.5. The molecule has 4 rings (SSSR count). The van der Waals surface area contributed by atoms with Crippen LogP contribution in [-0.2, 0) is 19.6 Å². The molecule has 0 aliphatic carbocycles. The second kappa shape index (κ2) is 12.9. The summed E-state index contributed by atoms with van der Waals surface area (Å²) >= 11 is 6.39. The Bertz CT molecular complexity index is 1730. The van der Waals surface area contributed by atoms with E-state index in [2.05, 4.69) is 15.8 Å². The SMILES string of the molecule is COc1ccc(N(CC(=O)N/N=C/c2cc(C)n(-c3ccccc3Cl)c2C)S(=O)(=O)c2ccc(NC(C)=O)cc2)cc1. The lowest BCUT2D eigenvalue weighted by atomic mass is 10.2. The topological polar surface area (TPSA) is 122 Å². The number of hydrogen-bond donors (Lipinski definition) is 2. The zero-order valence-corrected chi connectivity index (χ0v) is 25.0. The number of hydrazone groups is 1. The number of carbonyl (C=O) groups is 2. The molecule has 0 bridgehead atoms. The van der Waals surface area contributed by atoms with Gasteiger partial charge in [-0.15, -0.1) is 0 Å². The molecule has 12 heteroatoms. The molecule has 0 atom stereocenters.